The first-order valence-electron chi connectivity index (χ1n) is 5.66. The van der Waals surface area contributed by atoms with Crippen molar-refractivity contribution in [1.29, 1.82) is 0 Å². The lowest BCUT2D eigenvalue weighted by Crippen LogP contribution is -1.98. The standard InChI is InChI=1S/C15H16FN/c1-10-7-13(11(2)15(17)8-10)9-12-3-5-14(16)6-4-12/h3-8H,9,17H2,1-2H3. The van der Waals surface area contributed by atoms with Gasteiger partial charge >= 0.3 is 0 Å². The van der Waals surface area contributed by atoms with Crippen molar-refractivity contribution in [2.24, 2.45) is 0 Å². The molecule has 0 aliphatic rings. The summed E-state index contributed by atoms with van der Waals surface area (Å²) in [5.74, 6) is -0.200. The number of nitrogens with two attached hydrogens (primary N) is 1. The molecule has 2 N–H and O–H groups in total. The maximum Gasteiger partial charge on any atom is 0.123 e. The SMILES string of the molecule is Cc1cc(N)c(C)c(Cc2ccc(F)cc2)c1. The van der Waals surface area contributed by atoms with Crippen LogP contribution >= 0.6 is 0 Å². The Bertz CT molecular complexity index is 529. The molecular weight excluding hydrogens is 213 g/mol. The Hall–Kier alpha value is -1.83. The molecule has 0 aliphatic heterocycles. The third kappa shape index (κ3) is 2.64. The molecule has 0 spiro atoms. The van der Waals surface area contributed by atoms with Crippen LogP contribution in [-0.4, -0.2) is 0 Å². The van der Waals surface area contributed by atoms with Gasteiger partial charge in [0.1, 0.15) is 5.82 Å². The minimum atomic E-state index is -0.200. The first-order chi connectivity index (χ1) is 8.06. The van der Waals surface area contributed by atoms with Crippen LogP contribution in [0.2, 0.25) is 0 Å². The van der Waals surface area contributed by atoms with Gasteiger partial charge in [0.05, 0.1) is 0 Å². The molecule has 2 heteroatoms. The summed E-state index contributed by atoms with van der Waals surface area (Å²) >= 11 is 0. The topological polar surface area (TPSA) is 26.0 Å². The van der Waals surface area contributed by atoms with E-state index in [1.807, 2.05) is 32.0 Å². The van der Waals surface area contributed by atoms with Crippen LogP contribution in [0.4, 0.5) is 10.1 Å². The molecule has 0 saturated carbocycles. The largest absolute Gasteiger partial charge is 0.398 e. The average molecular weight is 229 g/mol. The summed E-state index contributed by atoms with van der Waals surface area (Å²) in [5.41, 5.74) is 11.3. The second-order valence-electron chi connectivity index (χ2n) is 4.44. The van der Waals surface area contributed by atoms with Crippen molar-refractivity contribution in [3.63, 3.8) is 0 Å². The average Bonchev–Trinajstić information content (AvgIpc) is 2.28. The Balaban J connectivity index is 2.32. The molecular formula is C15H16FN. The Labute approximate surface area is 101 Å². The number of benzene rings is 2. The van der Waals surface area contributed by atoms with Crippen LogP contribution in [-0.2, 0) is 6.42 Å². The molecule has 0 bridgehead atoms. The fourth-order valence-corrected chi connectivity index (χ4v) is 1.97. The normalized spacial score (nSPS) is 10.5. The number of anilines is 1. The summed E-state index contributed by atoms with van der Waals surface area (Å²) < 4.78 is 12.8. The lowest BCUT2D eigenvalue weighted by atomic mass is 9.97. The number of aryl methyl sites for hydroxylation is 1. The van der Waals surface area contributed by atoms with Gasteiger partial charge in [0.15, 0.2) is 0 Å². The molecule has 2 rings (SSSR count). The quantitative estimate of drug-likeness (QED) is 0.782. The van der Waals surface area contributed by atoms with Gasteiger partial charge in [-0.15, -0.1) is 0 Å². The van der Waals surface area contributed by atoms with Crippen molar-refractivity contribution in [1.82, 2.24) is 0 Å². The summed E-state index contributed by atoms with van der Waals surface area (Å²) in [4.78, 5) is 0. The molecule has 0 aromatic heterocycles. The van der Waals surface area contributed by atoms with E-state index in [4.69, 9.17) is 5.73 Å². The van der Waals surface area contributed by atoms with Gasteiger partial charge in [0.25, 0.3) is 0 Å². The Morgan fingerprint density at radius 2 is 1.71 bits per heavy atom. The molecule has 2 aromatic rings. The number of nitrogen functional groups attached to an aromatic ring is 1. The molecule has 1 nitrogen and oxygen atoms in total. The van der Waals surface area contributed by atoms with Gasteiger partial charge in [-0.2, -0.15) is 0 Å². The van der Waals surface area contributed by atoms with Gasteiger partial charge in [0, 0.05) is 5.69 Å². The van der Waals surface area contributed by atoms with Gasteiger partial charge < -0.3 is 5.73 Å². The molecule has 0 heterocycles. The van der Waals surface area contributed by atoms with Gasteiger partial charge in [-0.3, -0.25) is 0 Å². The molecule has 0 amide bonds. The molecule has 0 aliphatic carbocycles. The van der Waals surface area contributed by atoms with Crippen LogP contribution in [0.3, 0.4) is 0 Å². The molecule has 2 aromatic carbocycles. The fourth-order valence-electron chi connectivity index (χ4n) is 1.97. The number of halogens is 1. The Kier molecular flexibility index (Phi) is 3.14. The van der Waals surface area contributed by atoms with Crippen molar-refractivity contribution < 1.29 is 4.39 Å². The molecule has 88 valence electrons. The lowest BCUT2D eigenvalue weighted by molar-refractivity contribution is 0.627. The molecule has 0 atom stereocenters. The zero-order valence-electron chi connectivity index (χ0n) is 10.1. The van der Waals surface area contributed by atoms with E-state index in [9.17, 15) is 4.39 Å². The van der Waals surface area contributed by atoms with Crippen molar-refractivity contribution in [3.8, 4) is 0 Å². The third-order valence-corrected chi connectivity index (χ3v) is 3.01. The van der Waals surface area contributed by atoms with Gasteiger partial charge in [-0.05, 0) is 60.7 Å². The van der Waals surface area contributed by atoms with Crippen LogP contribution in [0.5, 0.6) is 0 Å². The first-order valence-corrected chi connectivity index (χ1v) is 5.66. The highest BCUT2D eigenvalue weighted by Crippen LogP contribution is 2.21. The highest BCUT2D eigenvalue weighted by molar-refractivity contribution is 5.53. The maximum absolute atomic E-state index is 12.8. The summed E-state index contributed by atoms with van der Waals surface area (Å²) in [6, 6.07) is 10.7. The van der Waals surface area contributed by atoms with E-state index in [-0.39, 0.29) is 5.82 Å². The van der Waals surface area contributed by atoms with Crippen molar-refractivity contribution >= 4 is 5.69 Å². The Morgan fingerprint density at radius 3 is 2.35 bits per heavy atom. The van der Waals surface area contributed by atoms with E-state index < -0.39 is 0 Å². The summed E-state index contributed by atoms with van der Waals surface area (Å²) in [7, 11) is 0. The summed E-state index contributed by atoms with van der Waals surface area (Å²) in [5, 5.41) is 0. The number of hydrogen-bond donors (Lipinski definition) is 1. The molecule has 0 unspecified atom stereocenters. The zero-order chi connectivity index (χ0) is 12.4. The monoisotopic (exact) mass is 229 g/mol. The molecule has 17 heavy (non-hydrogen) atoms. The van der Waals surface area contributed by atoms with E-state index in [0.29, 0.717) is 0 Å². The predicted octanol–water partition coefficient (Wildman–Crippen LogP) is 3.62. The van der Waals surface area contributed by atoms with Crippen molar-refractivity contribution in [3.05, 3.63) is 64.5 Å². The highest BCUT2D eigenvalue weighted by Gasteiger charge is 2.04. The van der Waals surface area contributed by atoms with Crippen LogP contribution < -0.4 is 5.73 Å². The van der Waals surface area contributed by atoms with Crippen LogP contribution in [0.25, 0.3) is 0 Å². The first kappa shape index (κ1) is 11.6. The van der Waals surface area contributed by atoms with E-state index in [2.05, 4.69) is 6.07 Å². The number of rotatable bonds is 2. The smallest absolute Gasteiger partial charge is 0.123 e. The van der Waals surface area contributed by atoms with Gasteiger partial charge in [0.2, 0.25) is 0 Å². The number of hydrogen-bond acceptors (Lipinski definition) is 1. The van der Waals surface area contributed by atoms with Crippen molar-refractivity contribution in [2.75, 3.05) is 5.73 Å². The molecule has 0 fully saturated rings. The van der Waals surface area contributed by atoms with Crippen LogP contribution in [0, 0.1) is 19.7 Å². The summed E-state index contributed by atoms with van der Waals surface area (Å²) in [6.45, 7) is 4.05. The highest BCUT2D eigenvalue weighted by atomic mass is 19.1. The molecule has 0 saturated heterocycles. The van der Waals surface area contributed by atoms with Gasteiger partial charge in [-0.1, -0.05) is 18.2 Å². The maximum atomic E-state index is 12.8. The Morgan fingerprint density at radius 1 is 1.06 bits per heavy atom. The second kappa shape index (κ2) is 4.58. The fraction of sp³-hybridized carbons (Fsp3) is 0.200. The van der Waals surface area contributed by atoms with E-state index in [1.54, 1.807) is 0 Å². The predicted molar refractivity (Wildman–Crippen MR) is 69.5 cm³/mol. The molecule has 0 radical (unpaired) electrons. The van der Waals surface area contributed by atoms with Gasteiger partial charge in [-0.25, -0.2) is 4.39 Å². The lowest BCUT2D eigenvalue weighted by Gasteiger charge is -2.10. The van der Waals surface area contributed by atoms with E-state index >= 15 is 0 Å². The van der Waals surface area contributed by atoms with E-state index in [1.165, 1.54) is 17.7 Å². The zero-order valence-corrected chi connectivity index (χ0v) is 10.1. The van der Waals surface area contributed by atoms with Crippen LogP contribution in [0.1, 0.15) is 22.3 Å². The summed E-state index contributed by atoms with van der Waals surface area (Å²) in [6.07, 6.45) is 0.790. The second-order valence-corrected chi connectivity index (χ2v) is 4.44. The van der Waals surface area contributed by atoms with Crippen LogP contribution in [0.15, 0.2) is 36.4 Å². The third-order valence-electron chi connectivity index (χ3n) is 3.01. The minimum absolute atomic E-state index is 0.200. The van der Waals surface area contributed by atoms with Crippen molar-refractivity contribution in [2.45, 2.75) is 20.3 Å². The van der Waals surface area contributed by atoms with E-state index in [0.717, 1.165) is 28.8 Å². The minimum Gasteiger partial charge on any atom is -0.398 e.